The van der Waals surface area contributed by atoms with Crippen molar-refractivity contribution in [3.05, 3.63) is 71.2 Å². The molecule has 0 saturated heterocycles. The summed E-state index contributed by atoms with van der Waals surface area (Å²) in [5, 5.41) is 3.02. The monoisotopic (exact) mass is 488 g/mol. The molecule has 1 aromatic heterocycles. The van der Waals surface area contributed by atoms with Crippen molar-refractivity contribution in [2.24, 2.45) is 5.73 Å². The van der Waals surface area contributed by atoms with E-state index in [9.17, 15) is 9.59 Å². The number of furan rings is 1. The first-order valence-electron chi connectivity index (χ1n) is 11.4. The average molecular weight is 489 g/mol. The summed E-state index contributed by atoms with van der Waals surface area (Å²) in [5.41, 5.74) is 8.51. The number of ketones is 1. The minimum atomic E-state index is -0.517. The summed E-state index contributed by atoms with van der Waals surface area (Å²) in [5.74, 6) is 2.17. The number of carbonyl (C=O) groups is 2. The number of allylic oxidation sites excluding steroid dienone is 1. The quantitative estimate of drug-likeness (QED) is 0.262. The fourth-order valence-electron chi connectivity index (χ4n) is 3.53. The zero-order valence-electron chi connectivity index (χ0n) is 19.8. The molecule has 2 aromatic rings. The molecule has 2 rings (SSSR count). The van der Waals surface area contributed by atoms with Crippen LogP contribution >= 0.6 is 24.4 Å². The molecular formula is C26H36N2O3S2. The van der Waals surface area contributed by atoms with Crippen molar-refractivity contribution in [1.29, 1.82) is 0 Å². The number of amides is 1. The number of rotatable bonds is 14. The molecule has 3 N–H and O–H groups in total. The molecule has 33 heavy (non-hydrogen) atoms. The van der Waals surface area contributed by atoms with Gasteiger partial charge in [-0.15, -0.1) is 0 Å². The maximum Gasteiger partial charge on any atom is 0.252 e. The number of Topliss-reactive ketones (excluding diaryl/α,β-unsaturated/α-hetero) is 1. The van der Waals surface area contributed by atoms with E-state index in [-0.39, 0.29) is 23.7 Å². The highest BCUT2D eigenvalue weighted by Gasteiger charge is 2.23. The van der Waals surface area contributed by atoms with Crippen molar-refractivity contribution in [1.82, 2.24) is 5.32 Å². The van der Waals surface area contributed by atoms with E-state index in [1.807, 2.05) is 48.7 Å². The lowest BCUT2D eigenvalue weighted by Crippen LogP contribution is -2.41. The van der Waals surface area contributed by atoms with Crippen molar-refractivity contribution in [2.75, 3.05) is 17.8 Å². The zero-order valence-corrected chi connectivity index (χ0v) is 21.5. The van der Waals surface area contributed by atoms with Crippen LogP contribution in [0.25, 0.3) is 0 Å². The van der Waals surface area contributed by atoms with Crippen LogP contribution in [0.1, 0.15) is 59.9 Å². The largest absolute Gasteiger partial charge is 0.469 e. The van der Waals surface area contributed by atoms with Crippen LogP contribution in [0, 0.1) is 0 Å². The van der Waals surface area contributed by atoms with Gasteiger partial charge in [-0.25, -0.2) is 0 Å². The second kappa shape index (κ2) is 14.3. The number of benzene rings is 1. The molecule has 180 valence electrons. The molecule has 0 bridgehead atoms. The van der Waals surface area contributed by atoms with Gasteiger partial charge in [0, 0.05) is 30.2 Å². The molecule has 0 fully saturated rings. The van der Waals surface area contributed by atoms with Gasteiger partial charge in [0.1, 0.15) is 5.76 Å². The van der Waals surface area contributed by atoms with Gasteiger partial charge in [0.05, 0.1) is 12.3 Å². The van der Waals surface area contributed by atoms with Gasteiger partial charge in [-0.1, -0.05) is 38.1 Å². The van der Waals surface area contributed by atoms with E-state index in [1.54, 1.807) is 18.0 Å². The third-order valence-electron chi connectivity index (χ3n) is 5.43. The van der Waals surface area contributed by atoms with E-state index in [0.717, 1.165) is 22.6 Å². The first kappa shape index (κ1) is 27.3. The minimum absolute atomic E-state index is 0.0275. The van der Waals surface area contributed by atoms with E-state index < -0.39 is 6.04 Å². The van der Waals surface area contributed by atoms with E-state index in [4.69, 9.17) is 10.2 Å². The molecule has 2 atom stereocenters. The molecule has 5 nitrogen and oxygen atoms in total. The molecular weight excluding hydrogens is 452 g/mol. The van der Waals surface area contributed by atoms with Crippen LogP contribution in [0.5, 0.6) is 0 Å². The Labute approximate surface area is 207 Å². The Hall–Kier alpha value is -1.96. The van der Waals surface area contributed by atoms with Crippen LogP contribution in [-0.4, -0.2) is 41.5 Å². The Kier molecular flexibility index (Phi) is 11.9. The molecule has 1 aromatic carbocycles. The molecule has 0 radical (unpaired) electrons. The van der Waals surface area contributed by atoms with Crippen molar-refractivity contribution in [3.63, 3.8) is 0 Å². The van der Waals surface area contributed by atoms with Gasteiger partial charge >= 0.3 is 0 Å². The maximum atomic E-state index is 13.3. The van der Waals surface area contributed by atoms with Gasteiger partial charge in [-0.3, -0.25) is 9.59 Å². The Bertz CT molecular complexity index is 910. The summed E-state index contributed by atoms with van der Waals surface area (Å²) < 4.78 is 5.34. The molecule has 1 amide bonds. The molecule has 1 heterocycles. The highest BCUT2D eigenvalue weighted by atomic mass is 32.2. The minimum Gasteiger partial charge on any atom is -0.469 e. The smallest absolute Gasteiger partial charge is 0.252 e. The number of nitrogens with two attached hydrogens (primary N) is 1. The van der Waals surface area contributed by atoms with Gasteiger partial charge in [-0.05, 0) is 60.1 Å². The van der Waals surface area contributed by atoms with Crippen molar-refractivity contribution in [2.45, 2.75) is 57.5 Å². The first-order valence-corrected chi connectivity index (χ1v) is 13.4. The zero-order chi connectivity index (χ0) is 24.2. The van der Waals surface area contributed by atoms with Crippen molar-refractivity contribution in [3.8, 4) is 0 Å². The van der Waals surface area contributed by atoms with Gasteiger partial charge in [0.25, 0.3) is 5.91 Å². The third kappa shape index (κ3) is 9.07. The average Bonchev–Trinajstić information content (AvgIpc) is 3.33. The first-order chi connectivity index (χ1) is 15.8. The number of hydrogen-bond acceptors (Lipinski definition) is 6. The number of hydrogen-bond donors (Lipinski definition) is 3. The Morgan fingerprint density at radius 1 is 1.27 bits per heavy atom. The number of nitrogens with one attached hydrogen (secondary N) is 1. The lowest BCUT2D eigenvalue weighted by molar-refractivity contribution is -0.121. The van der Waals surface area contributed by atoms with Crippen LogP contribution in [-0.2, 0) is 17.6 Å². The van der Waals surface area contributed by atoms with Gasteiger partial charge in [-0.2, -0.15) is 24.4 Å². The van der Waals surface area contributed by atoms with Gasteiger partial charge < -0.3 is 15.5 Å². The van der Waals surface area contributed by atoms with Gasteiger partial charge in [0.2, 0.25) is 0 Å². The summed E-state index contributed by atoms with van der Waals surface area (Å²) in [4.78, 5) is 26.3. The van der Waals surface area contributed by atoms with Crippen LogP contribution < -0.4 is 11.1 Å². The number of carbonyl (C=O) groups excluding carboxylic acids is 2. The fourth-order valence-corrected chi connectivity index (χ4v) is 4.12. The second-order valence-corrected chi connectivity index (χ2v) is 9.76. The van der Waals surface area contributed by atoms with Crippen LogP contribution in [0.4, 0.5) is 0 Å². The highest BCUT2D eigenvalue weighted by Crippen LogP contribution is 2.22. The standard InChI is InChI=1S/C26H36N2O3S2/c1-18(2)22-11-9-19(6-4-7-20(27)17-32)16-23(22)26(30)28-24(13-15-33-3)25(29)12-10-21-8-5-14-31-21/h4-5,7-9,11,14,16,18,20,24,32H,6,10,12-13,15,17,27H2,1-3H3,(H,28,30)/b7-4+/t20-,24+/m1/s1. The van der Waals surface area contributed by atoms with Crippen LogP contribution in [0.2, 0.25) is 0 Å². The number of thioether (sulfide) groups is 1. The molecule has 0 unspecified atom stereocenters. The van der Waals surface area contributed by atoms with E-state index in [1.165, 1.54) is 0 Å². The van der Waals surface area contributed by atoms with Crippen LogP contribution in [0.15, 0.2) is 53.2 Å². The molecule has 0 saturated carbocycles. The van der Waals surface area contributed by atoms with Gasteiger partial charge in [0.15, 0.2) is 5.78 Å². The third-order valence-corrected chi connectivity index (χ3v) is 6.50. The molecule has 0 aliphatic carbocycles. The predicted molar refractivity (Wildman–Crippen MR) is 141 cm³/mol. The Morgan fingerprint density at radius 3 is 2.70 bits per heavy atom. The SMILES string of the molecule is CSCC[C@H](NC(=O)c1cc(C/C=C/[C@@H](N)CS)ccc1C(C)C)C(=O)CCc1ccco1. The lowest BCUT2D eigenvalue weighted by atomic mass is 9.93. The van der Waals surface area contributed by atoms with E-state index >= 15 is 0 Å². The molecule has 7 heteroatoms. The van der Waals surface area contributed by atoms with Crippen LogP contribution in [0.3, 0.4) is 0 Å². The normalized spacial score (nSPS) is 13.4. The maximum absolute atomic E-state index is 13.3. The predicted octanol–water partition coefficient (Wildman–Crippen LogP) is 4.81. The van der Waals surface area contributed by atoms with Crippen molar-refractivity contribution < 1.29 is 14.0 Å². The van der Waals surface area contributed by atoms with Crippen molar-refractivity contribution >= 4 is 36.1 Å². The summed E-state index contributed by atoms with van der Waals surface area (Å²) in [7, 11) is 0. The van der Waals surface area contributed by atoms with E-state index in [2.05, 4.69) is 31.8 Å². The number of thiol groups is 1. The molecule has 0 aliphatic heterocycles. The molecule has 0 spiro atoms. The summed E-state index contributed by atoms with van der Waals surface area (Å²) in [6, 6.07) is 9.06. The fraction of sp³-hybridized carbons (Fsp3) is 0.462. The lowest BCUT2D eigenvalue weighted by Gasteiger charge is -2.20. The topological polar surface area (TPSA) is 85.3 Å². The second-order valence-electron chi connectivity index (χ2n) is 8.41. The summed E-state index contributed by atoms with van der Waals surface area (Å²) in [6.45, 7) is 4.13. The summed E-state index contributed by atoms with van der Waals surface area (Å²) >= 11 is 5.86. The Morgan fingerprint density at radius 2 is 2.06 bits per heavy atom. The Balaban J connectivity index is 2.16. The highest BCUT2D eigenvalue weighted by molar-refractivity contribution is 7.98. The number of aryl methyl sites for hydroxylation is 1. The van der Waals surface area contributed by atoms with E-state index in [0.29, 0.717) is 37.0 Å². The summed E-state index contributed by atoms with van der Waals surface area (Å²) in [6.07, 6.45) is 9.69. The molecule has 0 aliphatic rings.